The molecule has 2 heterocycles. The second-order valence-corrected chi connectivity index (χ2v) is 7.18. The summed E-state index contributed by atoms with van der Waals surface area (Å²) in [5.41, 5.74) is 2.14. The minimum absolute atomic E-state index is 0.0288. The Morgan fingerprint density at radius 3 is 1.96 bits per heavy atom. The van der Waals surface area contributed by atoms with Crippen LogP contribution in [0.25, 0.3) is 0 Å². The second kappa shape index (κ2) is 6.32. The molecule has 0 aromatic heterocycles. The standard InChI is InChI=1S/C19H18N2O2S/c22-18-17-16(13-24-18)20(11-14-7-3-1-4-8-14)19(23)21(17)12-15-9-5-2-6-10-15/h1-10,16-17H,11-13H2/t16?,17-/m0/s1. The summed E-state index contributed by atoms with van der Waals surface area (Å²) in [5.74, 6) is 0.688. The average Bonchev–Trinajstić information content (AvgIpc) is 3.11. The van der Waals surface area contributed by atoms with Crippen LogP contribution in [-0.4, -0.2) is 38.8 Å². The molecule has 122 valence electrons. The van der Waals surface area contributed by atoms with Crippen LogP contribution in [0, 0.1) is 0 Å². The van der Waals surface area contributed by atoms with E-state index in [1.54, 1.807) is 4.90 Å². The zero-order chi connectivity index (χ0) is 16.5. The highest BCUT2D eigenvalue weighted by molar-refractivity contribution is 8.14. The van der Waals surface area contributed by atoms with Gasteiger partial charge in [-0.1, -0.05) is 72.4 Å². The van der Waals surface area contributed by atoms with Crippen LogP contribution in [0.2, 0.25) is 0 Å². The predicted octanol–water partition coefficient (Wildman–Crippen LogP) is 3.14. The maximum atomic E-state index is 13.0. The molecule has 4 rings (SSSR count). The molecule has 2 atom stereocenters. The van der Waals surface area contributed by atoms with Crippen molar-refractivity contribution in [2.45, 2.75) is 25.2 Å². The minimum atomic E-state index is -0.327. The van der Waals surface area contributed by atoms with E-state index < -0.39 is 0 Å². The highest BCUT2D eigenvalue weighted by Gasteiger charge is 2.52. The molecule has 2 aliphatic rings. The maximum Gasteiger partial charge on any atom is 0.321 e. The number of carbonyl (C=O) groups is 2. The van der Waals surface area contributed by atoms with Crippen LogP contribution in [0.15, 0.2) is 60.7 Å². The van der Waals surface area contributed by atoms with E-state index in [4.69, 9.17) is 0 Å². The van der Waals surface area contributed by atoms with Crippen molar-refractivity contribution in [1.82, 2.24) is 9.80 Å². The van der Waals surface area contributed by atoms with Gasteiger partial charge in [-0.2, -0.15) is 0 Å². The highest BCUT2D eigenvalue weighted by atomic mass is 32.2. The van der Waals surface area contributed by atoms with Crippen molar-refractivity contribution in [2.75, 3.05) is 5.75 Å². The number of nitrogens with zero attached hydrogens (tertiary/aromatic N) is 2. The molecule has 0 saturated carbocycles. The molecule has 0 spiro atoms. The number of hydrogen-bond acceptors (Lipinski definition) is 3. The molecule has 5 heteroatoms. The largest absolute Gasteiger partial charge is 0.321 e. The highest BCUT2D eigenvalue weighted by Crippen LogP contribution is 2.37. The first-order valence-corrected chi connectivity index (χ1v) is 9.04. The van der Waals surface area contributed by atoms with E-state index in [1.165, 1.54) is 11.8 Å². The van der Waals surface area contributed by atoms with Crippen LogP contribution in [0.5, 0.6) is 0 Å². The number of amides is 2. The summed E-state index contributed by atoms with van der Waals surface area (Å²) in [6.07, 6.45) is 0. The molecule has 2 fully saturated rings. The zero-order valence-corrected chi connectivity index (χ0v) is 14.0. The zero-order valence-electron chi connectivity index (χ0n) is 13.2. The van der Waals surface area contributed by atoms with Gasteiger partial charge in [0.05, 0.1) is 6.04 Å². The van der Waals surface area contributed by atoms with E-state index in [1.807, 2.05) is 65.6 Å². The Balaban J connectivity index is 1.60. The van der Waals surface area contributed by atoms with Crippen molar-refractivity contribution in [1.29, 1.82) is 0 Å². The molecule has 0 radical (unpaired) electrons. The van der Waals surface area contributed by atoms with E-state index in [0.29, 0.717) is 18.8 Å². The summed E-state index contributed by atoms with van der Waals surface area (Å²) in [4.78, 5) is 28.9. The van der Waals surface area contributed by atoms with Gasteiger partial charge in [-0.25, -0.2) is 4.79 Å². The number of hydrogen-bond donors (Lipinski definition) is 0. The van der Waals surface area contributed by atoms with E-state index >= 15 is 0 Å². The molecular formula is C19H18N2O2S. The first-order valence-electron chi connectivity index (χ1n) is 8.06. The Morgan fingerprint density at radius 1 is 0.833 bits per heavy atom. The quantitative estimate of drug-likeness (QED) is 0.804. The first-order chi connectivity index (χ1) is 11.7. The number of carbonyl (C=O) groups excluding carboxylic acids is 2. The van der Waals surface area contributed by atoms with Gasteiger partial charge in [0.1, 0.15) is 6.04 Å². The lowest BCUT2D eigenvalue weighted by molar-refractivity contribution is -0.114. The van der Waals surface area contributed by atoms with E-state index in [0.717, 1.165) is 11.1 Å². The van der Waals surface area contributed by atoms with Crippen LogP contribution in [0.4, 0.5) is 4.79 Å². The number of rotatable bonds is 4. The number of urea groups is 1. The van der Waals surface area contributed by atoms with Gasteiger partial charge in [0, 0.05) is 18.8 Å². The number of fused-ring (bicyclic) bond motifs is 1. The summed E-state index contributed by atoms with van der Waals surface area (Å²) < 4.78 is 0. The van der Waals surface area contributed by atoms with Gasteiger partial charge in [-0.05, 0) is 11.1 Å². The second-order valence-electron chi connectivity index (χ2n) is 6.15. The summed E-state index contributed by atoms with van der Waals surface area (Å²) >= 11 is 1.35. The molecule has 0 bridgehead atoms. The summed E-state index contributed by atoms with van der Waals surface area (Å²) in [6.45, 7) is 1.04. The van der Waals surface area contributed by atoms with Crippen molar-refractivity contribution < 1.29 is 9.59 Å². The average molecular weight is 338 g/mol. The Bertz CT molecular complexity index is 750. The van der Waals surface area contributed by atoms with Crippen molar-refractivity contribution >= 4 is 22.9 Å². The summed E-state index contributed by atoms with van der Waals surface area (Å²) in [5, 5.41) is 0.111. The van der Waals surface area contributed by atoms with Crippen LogP contribution >= 0.6 is 11.8 Å². The van der Waals surface area contributed by atoms with Crippen LogP contribution in [0.1, 0.15) is 11.1 Å². The van der Waals surface area contributed by atoms with Gasteiger partial charge in [0.2, 0.25) is 5.12 Å². The normalized spacial score (nSPS) is 23.0. The fraction of sp³-hybridized carbons (Fsp3) is 0.263. The van der Waals surface area contributed by atoms with Crippen molar-refractivity contribution in [3.8, 4) is 0 Å². The fourth-order valence-corrected chi connectivity index (χ4v) is 4.59. The summed E-state index contributed by atoms with van der Waals surface area (Å²) in [7, 11) is 0. The van der Waals surface area contributed by atoms with Gasteiger partial charge in [-0.3, -0.25) is 4.79 Å². The van der Waals surface area contributed by atoms with Crippen LogP contribution in [-0.2, 0) is 17.9 Å². The van der Waals surface area contributed by atoms with Gasteiger partial charge < -0.3 is 9.80 Å². The molecule has 24 heavy (non-hydrogen) atoms. The van der Waals surface area contributed by atoms with Crippen molar-refractivity contribution in [2.24, 2.45) is 0 Å². The van der Waals surface area contributed by atoms with Crippen LogP contribution < -0.4 is 0 Å². The summed E-state index contributed by atoms with van der Waals surface area (Å²) in [6, 6.07) is 19.4. The molecule has 4 nitrogen and oxygen atoms in total. The molecular weight excluding hydrogens is 320 g/mol. The lowest BCUT2D eigenvalue weighted by atomic mass is 10.1. The van der Waals surface area contributed by atoms with Crippen molar-refractivity contribution in [3.63, 3.8) is 0 Å². The lowest BCUT2D eigenvalue weighted by Crippen LogP contribution is -2.38. The third-order valence-electron chi connectivity index (χ3n) is 4.62. The Labute approximate surface area is 145 Å². The molecule has 0 aliphatic carbocycles. The fourth-order valence-electron chi connectivity index (χ4n) is 3.43. The van der Waals surface area contributed by atoms with E-state index in [-0.39, 0.29) is 23.2 Å². The van der Waals surface area contributed by atoms with E-state index in [2.05, 4.69) is 0 Å². The van der Waals surface area contributed by atoms with Gasteiger partial charge in [0.25, 0.3) is 0 Å². The topological polar surface area (TPSA) is 40.6 Å². The Kier molecular flexibility index (Phi) is 4.02. The maximum absolute atomic E-state index is 13.0. The molecule has 2 saturated heterocycles. The molecule has 2 aromatic rings. The Hall–Kier alpha value is -2.27. The molecule has 0 N–H and O–H groups in total. The monoisotopic (exact) mass is 338 g/mol. The first kappa shape index (κ1) is 15.3. The number of thioether (sulfide) groups is 1. The molecule has 2 amide bonds. The minimum Gasteiger partial charge on any atom is -0.314 e. The Morgan fingerprint density at radius 2 is 1.38 bits per heavy atom. The van der Waals surface area contributed by atoms with Gasteiger partial charge >= 0.3 is 6.03 Å². The molecule has 1 unspecified atom stereocenters. The number of benzene rings is 2. The smallest absolute Gasteiger partial charge is 0.314 e. The molecule has 2 aromatic carbocycles. The third-order valence-corrected chi connectivity index (χ3v) is 5.66. The van der Waals surface area contributed by atoms with Gasteiger partial charge in [-0.15, -0.1) is 0 Å². The van der Waals surface area contributed by atoms with Gasteiger partial charge in [0.15, 0.2) is 0 Å². The van der Waals surface area contributed by atoms with Crippen molar-refractivity contribution in [3.05, 3.63) is 71.8 Å². The SMILES string of the molecule is O=C1SCC2[C@@H]1N(Cc1ccccc1)C(=O)N2Cc1ccccc1. The molecule has 2 aliphatic heterocycles. The van der Waals surface area contributed by atoms with Crippen LogP contribution in [0.3, 0.4) is 0 Å². The van der Waals surface area contributed by atoms with E-state index in [9.17, 15) is 9.59 Å². The third kappa shape index (κ3) is 2.69. The predicted molar refractivity (Wildman–Crippen MR) is 94.4 cm³/mol. The lowest BCUT2D eigenvalue weighted by Gasteiger charge is -2.22.